The van der Waals surface area contributed by atoms with Gasteiger partial charge in [0.2, 0.25) is 0 Å². The van der Waals surface area contributed by atoms with Crippen molar-refractivity contribution in [2.45, 2.75) is 33.7 Å². The van der Waals surface area contributed by atoms with Crippen molar-refractivity contribution >= 4 is 59.0 Å². The van der Waals surface area contributed by atoms with Gasteiger partial charge in [-0.2, -0.15) is 0 Å². The van der Waals surface area contributed by atoms with Gasteiger partial charge in [-0.05, 0) is 57.5 Å². The number of carboxylic acid groups (broad SMARTS) is 1. The third kappa shape index (κ3) is 4.90. The van der Waals surface area contributed by atoms with E-state index in [1.807, 2.05) is 45.0 Å². The molecule has 1 unspecified atom stereocenters. The second-order valence-corrected chi connectivity index (χ2v) is 11.6. The predicted octanol–water partition coefficient (Wildman–Crippen LogP) is 7.50. The second-order valence-electron chi connectivity index (χ2n) is 7.47. The molecule has 0 spiro atoms. The molecule has 0 fully saturated rings. The lowest BCUT2D eigenvalue weighted by Crippen LogP contribution is -2.34. The van der Waals surface area contributed by atoms with Gasteiger partial charge in [-0.15, -0.1) is 11.3 Å². The summed E-state index contributed by atoms with van der Waals surface area (Å²) in [6.07, 6.45) is 0. The number of carboxylic acids is 1. The van der Waals surface area contributed by atoms with Gasteiger partial charge < -0.3 is 9.63 Å². The van der Waals surface area contributed by atoms with Crippen LogP contribution in [0.4, 0.5) is 5.69 Å². The molecule has 0 radical (unpaired) electrons. The summed E-state index contributed by atoms with van der Waals surface area (Å²) in [6.45, 7) is 7.55. The molecule has 3 aromatic rings. The van der Waals surface area contributed by atoms with Gasteiger partial charge >= 0.3 is 13.5 Å². The van der Waals surface area contributed by atoms with E-state index in [0.717, 1.165) is 27.3 Å². The average Bonchev–Trinajstić information content (AvgIpc) is 3.13. The van der Waals surface area contributed by atoms with E-state index in [9.17, 15) is 14.5 Å². The van der Waals surface area contributed by atoms with E-state index in [4.69, 9.17) is 27.7 Å². The Kier molecular flexibility index (Phi) is 7.74. The maximum atomic E-state index is 14.4. The monoisotopic (exact) mass is 511 g/mol. The van der Waals surface area contributed by atoms with Crippen LogP contribution in [0.3, 0.4) is 0 Å². The molecule has 0 aliphatic heterocycles. The summed E-state index contributed by atoms with van der Waals surface area (Å²) >= 11 is 13.6. The highest BCUT2D eigenvalue weighted by Crippen LogP contribution is 2.57. The van der Waals surface area contributed by atoms with E-state index < -0.39 is 13.5 Å². The van der Waals surface area contributed by atoms with Crippen LogP contribution in [-0.4, -0.2) is 23.7 Å². The molecule has 3 rings (SSSR count). The molecule has 1 heterocycles. The minimum atomic E-state index is -3.78. The van der Waals surface area contributed by atoms with E-state index >= 15 is 0 Å². The molecule has 0 aliphatic carbocycles. The van der Waals surface area contributed by atoms with Gasteiger partial charge in [0.25, 0.3) is 0 Å². The van der Waals surface area contributed by atoms with Crippen LogP contribution in [0.15, 0.2) is 48.5 Å². The molecule has 170 valence electrons. The predicted molar refractivity (Wildman–Crippen MR) is 134 cm³/mol. The first-order valence-corrected chi connectivity index (χ1v) is 13.2. The van der Waals surface area contributed by atoms with Crippen molar-refractivity contribution in [1.82, 2.24) is 0 Å². The molecule has 1 N–H and O–H groups in total. The van der Waals surface area contributed by atoms with Crippen LogP contribution in [0.2, 0.25) is 10.0 Å². The van der Waals surface area contributed by atoms with E-state index in [0.29, 0.717) is 10.7 Å². The van der Waals surface area contributed by atoms with Crippen LogP contribution in [-0.2, 0) is 9.09 Å². The van der Waals surface area contributed by atoms with Gasteiger partial charge in [0.05, 0.1) is 22.6 Å². The Morgan fingerprint density at radius 2 is 1.81 bits per heavy atom. The fraction of sp³-hybridized carbons (Fsp3) is 0.261. The van der Waals surface area contributed by atoms with Crippen LogP contribution < -0.4 is 9.97 Å². The smallest absolute Gasteiger partial charge is 0.348 e. The zero-order valence-corrected chi connectivity index (χ0v) is 21.4. The molecule has 0 amide bonds. The van der Waals surface area contributed by atoms with Crippen molar-refractivity contribution in [3.05, 3.63) is 69.0 Å². The number of anilines is 1. The van der Waals surface area contributed by atoms with Crippen molar-refractivity contribution < 1.29 is 19.0 Å². The number of hydrogen-bond acceptors (Lipinski definition) is 4. The SMILES string of the molecule is CCOP(=O)(c1ccc(Cl)cc1Cl)N(c1cc(-c2ccc(C)cc2)sc1C(=O)O)C(C)C. The molecule has 0 saturated heterocycles. The molecule has 2 aromatic carbocycles. The summed E-state index contributed by atoms with van der Waals surface area (Å²) in [5, 5.41) is 10.8. The molecular formula is C23H24Cl2NO4PS. The minimum absolute atomic E-state index is 0.0827. The first kappa shape index (κ1) is 24.8. The van der Waals surface area contributed by atoms with Crippen molar-refractivity contribution in [2.24, 2.45) is 0 Å². The summed E-state index contributed by atoms with van der Waals surface area (Å²) in [5.74, 6) is -1.10. The van der Waals surface area contributed by atoms with E-state index in [-0.39, 0.29) is 27.9 Å². The third-order valence-electron chi connectivity index (χ3n) is 4.78. The molecule has 32 heavy (non-hydrogen) atoms. The summed E-state index contributed by atoms with van der Waals surface area (Å²) in [4.78, 5) is 13.0. The highest BCUT2D eigenvalue weighted by molar-refractivity contribution is 7.69. The van der Waals surface area contributed by atoms with Gasteiger partial charge in [-0.3, -0.25) is 9.24 Å². The first-order valence-electron chi connectivity index (χ1n) is 10.0. The molecule has 1 aromatic heterocycles. The fourth-order valence-corrected chi connectivity index (χ4v) is 7.70. The number of aromatic carboxylic acids is 1. The van der Waals surface area contributed by atoms with Crippen molar-refractivity contribution in [3.63, 3.8) is 0 Å². The topological polar surface area (TPSA) is 66.8 Å². The lowest BCUT2D eigenvalue weighted by atomic mass is 10.1. The maximum Gasteiger partial charge on any atom is 0.348 e. The number of thiophene rings is 1. The first-order chi connectivity index (χ1) is 15.1. The Morgan fingerprint density at radius 1 is 1.16 bits per heavy atom. The number of nitrogens with zero attached hydrogens (tertiary/aromatic N) is 1. The van der Waals surface area contributed by atoms with Crippen LogP contribution >= 0.6 is 42.1 Å². The fourth-order valence-electron chi connectivity index (χ4n) is 3.42. The standard InChI is InChI=1S/C23H24Cl2NO4PS/c1-5-30-31(29,20-11-10-17(24)12-18(20)25)26(14(2)3)19-13-21(32-22(19)23(27)28)16-8-6-15(4)7-9-16/h6-14H,5H2,1-4H3,(H,27,28). The average molecular weight is 512 g/mol. The number of carbonyl (C=O) groups is 1. The van der Waals surface area contributed by atoms with Crippen molar-refractivity contribution in [3.8, 4) is 10.4 Å². The molecule has 9 heteroatoms. The normalized spacial score (nSPS) is 13.2. The number of rotatable bonds is 8. The second kappa shape index (κ2) is 9.98. The molecule has 0 saturated carbocycles. The number of aryl methyl sites for hydroxylation is 1. The Morgan fingerprint density at radius 3 is 2.34 bits per heavy atom. The highest BCUT2D eigenvalue weighted by Gasteiger charge is 2.40. The zero-order chi connectivity index (χ0) is 23.6. The van der Waals surface area contributed by atoms with Gasteiger partial charge in [-0.25, -0.2) is 4.79 Å². The van der Waals surface area contributed by atoms with Crippen LogP contribution in [0.5, 0.6) is 0 Å². The number of halogens is 2. The van der Waals surface area contributed by atoms with Crippen LogP contribution in [0.1, 0.15) is 36.0 Å². The number of benzene rings is 2. The Bertz CT molecular complexity index is 1180. The van der Waals surface area contributed by atoms with Gasteiger partial charge in [0, 0.05) is 15.9 Å². The molecule has 1 atom stereocenters. The summed E-state index contributed by atoms with van der Waals surface area (Å²) < 4.78 is 21.8. The third-order valence-corrected chi connectivity index (χ3v) is 9.47. The Hall–Kier alpha value is -1.82. The largest absolute Gasteiger partial charge is 0.477 e. The Balaban J connectivity index is 2.25. The molecule has 0 bridgehead atoms. The molecule has 5 nitrogen and oxygen atoms in total. The number of hydrogen-bond donors (Lipinski definition) is 1. The van der Waals surface area contributed by atoms with E-state index in [1.54, 1.807) is 29.8 Å². The zero-order valence-electron chi connectivity index (χ0n) is 18.1. The summed E-state index contributed by atoms with van der Waals surface area (Å²) in [5.41, 5.74) is 2.32. The summed E-state index contributed by atoms with van der Waals surface area (Å²) in [7, 11) is -3.78. The quantitative estimate of drug-likeness (QED) is 0.317. The minimum Gasteiger partial charge on any atom is -0.477 e. The van der Waals surface area contributed by atoms with E-state index in [1.165, 1.54) is 6.07 Å². The van der Waals surface area contributed by atoms with Crippen LogP contribution in [0, 0.1) is 6.92 Å². The lowest BCUT2D eigenvalue weighted by Gasteiger charge is -2.36. The molecular weight excluding hydrogens is 488 g/mol. The summed E-state index contributed by atoms with van der Waals surface area (Å²) in [6, 6.07) is 13.9. The lowest BCUT2D eigenvalue weighted by molar-refractivity contribution is 0.0703. The molecule has 0 aliphatic rings. The van der Waals surface area contributed by atoms with E-state index in [2.05, 4.69) is 0 Å². The highest BCUT2D eigenvalue weighted by atomic mass is 35.5. The van der Waals surface area contributed by atoms with Crippen LogP contribution in [0.25, 0.3) is 10.4 Å². The van der Waals surface area contributed by atoms with Gasteiger partial charge in [0.15, 0.2) is 0 Å². The van der Waals surface area contributed by atoms with Crippen molar-refractivity contribution in [1.29, 1.82) is 0 Å². The Labute approximate surface area is 202 Å². The van der Waals surface area contributed by atoms with Gasteiger partial charge in [-0.1, -0.05) is 53.0 Å². The maximum absolute atomic E-state index is 14.4. The van der Waals surface area contributed by atoms with Crippen molar-refractivity contribution in [2.75, 3.05) is 11.3 Å². The van der Waals surface area contributed by atoms with Gasteiger partial charge in [0.1, 0.15) is 4.88 Å².